The van der Waals surface area contributed by atoms with Gasteiger partial charge in [-0.05, 0) is 25.2 Å². The van der Waals surface area contributed by atoms with E-state index in [0.717, 1.165) is 63.7 Å². The first-order chi connectivity index (χ1) is 30.9. The summed E-state index contributed by atoms with van der Waals surface area (Å²) in [4.78, 5) is 38.0. The second-order valence-electron chi connectivity index (χ2n) is 20.1. The van der Waals surface area contributed by atoms with E-state index < -0.39 is 6.10 Å². The van der Waals surface area contributed by atoms with Crippen LogP contribution in [0.5, 0.6) is 0 Å². The third-order valence-electron chi connectivity index (χ3n) is 13.0. The zero-order valence-corrected chi connectivity index (χ0v) is 43.0. The van der Waals surface area contributed by atoms with Gasteiger partial charge in [0.05, 0.1) is 0 Å². The number of esters is 3. The second-order valence-corrected chi connectivity index (χ2v) is 20.1. The van der Waals surface area contributed by atoms with E-state index in [4.69, 9.17) is 14.2 Å². The highest BCUT2D eigenvalue weighted by atomic mass is 16.6. The van der Waals surface area contributed by atoms with Crippen LogP contribution < -0.4 is 0 Å². The molecule has 0 fully saturated rings. The Morgan fingerprint density at radius 2 is 0.524 bits per heavy atom. The highest BCUT2D eigenvalue weighted by Gasteiger charge is 2.19. The molecule has 0 N–H and O–H groups in total. The molecule has 0 aromatic carbocycles. The fourth-order valence-electron chi connectivity index (χ4n) is 8.75. The molecular formula is C57H110O6. The van der Waals surface area contributed by atoms with Crippen molar-refractivity contribution in [2.75, 3.05) is 13.2 Å². The maximum absolute atomic E-state index is 12.8. The maximum Gasteiger partial charge on any atom is 0.306 e. The van der Waals surface area contributed by atoms with Gasteiger partial charge >= 0.3 is 17.9 Å². The van der Waals surface area contributed by atoms with Gasteiger partial charge in [-0.25, -0.2) is 0 Å². The van der Waals surface area contributed by atoms with E-state index in [2.05, 4.69) is 27.7 Å². The second kappa shape index (κ2) is 51.4. The Morgan fingerprint density at radius 1 is 0.302 bits per heavy atom. The predicted octanol–water partition coefficient (Wildman–Crippen LogP) is 18.6. The smallest absolute Gasteiger partial charge is 0.306 e. The fourth-order valence-corrected chi connectivity index (χ4v) is 8.75. The van der Waals surface area contributed by atoms with Crippen LogP contribution >= 0.6 is 0 Å². The van der Waals surface area contributed by atoms with Crippen LogP contribution in [0.15, 0.2) is 0 Å². The Labute approximate surface area is 393 Å². The van der Waals surface area contributed by atoms with Crippen LogP contribution in [-0.4, -0.2) is 37.2 Å². The molecule has 6 heteroatoms. The van der Waals surface area contributed by atoms with Gasteiger partial charge in [-0.2, -0.15) is 0 Å². The number of carbonyl (C=O) groups excluding carboxylic acids is 3. The van der Waals surface area contributed by atoms with Gasteiger partial charge in [0, 0.05) is 19.3 Å². The van der Waals surface area contributed by atoms with Gasteiger partial charge in [0.25, 0.3) is 0 Å². The maximum atomic E-state index is 12.8. The quantitative estimate of drug-likeness (QED) is 0.0344. The number of carbonyl (C=O) groups is 3. The lowest BCUT2D eigenvalue weighted by molar-refractivity contribution is -0.167. The molecule has 0 heterocycles. The average molecular weight is 892 g/mol. The summed E-state index contributed by atoms with van der Waals surface area (Å²) in [5.74, 6) is 0.0203. The molecular weight excluding hydrogens is 781 g/mol. The average Bonchev–Trinajstić information content (AvgIpc) is 3.27. The molecule has 1 atom stereocenters. The summed E-state index contributed by atoms with van der Waals surface area (Å²) < 4.78 is 16.8. The topological polar surface area (TPSA) is 78.9 Å². The molecule has 0 spiro atoms. The Balaban J connectivity index is 4.23. The van der Waals surface area contributed by atoms with Crippen molar-refractivity contribution in [1.82, 2.24) is 0 Å². The van der Waals surface area contributed by atoms with Gasteiger partial charge in [0.15, 0.2) is 6.10 Å². The van der Waals surface area contributed by atoms with Crippen molar-refractivity contribution in [3.8, 4) is 0 Å². The van der Waals surface area contributed by atoms with Crippen LogP contribution in [0, 0.1) is 5.92 Å². The number of hydrogen-bond donors (Lipinski definition) is 0. The highest BCUT2D eigenvalue weighted by molar-refractivity contribution is 5.71. The third-order valence-corrected chi connectivity index (χ3v) is 13.0. The van der Waals surface area contributed by atoms with E-state index in [1.54, 1.807) is 0 Å². The summed E-state index contributed by atoms with van der Waals surface area (Å²) in [5.41, 5.74) is 0. The first kappa shape index (κ1) is 61.4. The van der Waals surface area contributed by atoms with E-state index in [9.17, 15) is 14.4 Å². The van der Waals surface area contributed by atoms with Crippen molar-refractivity contribution in [2.24, 2.45) is 5.92 Å². The number of rotatable bonds is 52. The lowest BCUT2D eigenvalue weighted by Crippen LogP contribution is -2.30. The predicted molar refractivity (Wildman–Crippen MR) is 270 cm³/mol. The minimum absolute atomic E-state index is 0.0620. The molecule has 0 aliphatic rings. The van der Waals surface area contributed by atoms with Crippen molar-refractivity contribution >= 4 is 17.9 Å². The summed E-state index contributed by atoms with van der Waals surface area (Å²) in [6.07, 6.45) is 55.2. The number of ether oxygens (including phenoxy) is 3. The van der Waals surface area contributed by atoms with Crippen molar-refractivity contribution in [3.05, 3.63) is 0 Å². The van der Waals surface area contributed by atoms with Gasteiger partial charge in [-0.3, -0.25) is 14.4 Å². The van der Waals surface area contributed by atoms with Crippen LogP contribution in [0.4, 0.5) is 0 Å². The Kier molecular flexibility index (Phi) is 50.1. The summed E-state index contributed by atoms with van der Waals surface area (Å²) in [7, 11) is 0. The summed E-state index contributed by atoms with van der Waals surface area (Å²) in [6, 6.07) is 0. The van der Waals surface area contributed by atoms with Crippen molar-refractivity contribution in [3.63, 3.8) is 0 Å². The van der Waals surface area contributed by atoms with E-state index in [1.807, 2.05) is 0 Å². The fraction of sp³-hybridized carbons (Fsp3) is 0.947. The van der Waals surface area contributed by atoms with Gasteiger partial charge in [0.2, 0.25) is 0 Å². The molecule has 0 aromatic rings. The first-order valence-corrected chi connectivity index (χ1v) is 28.4. The van der Waals surface area contributed by atoms with Crippen LogP contribution in [0.3, 0.4) is 0 Å². The van der Waals surface area contributed by atoms with Crippen LogP contribution in [-0.2, 0) is 28.6 Å². The molecule has 0 amide bonds. The summed E-state index contributed by atoms with van der Waals surface area (Å²) in [6.45, 7) is 9.06. The SMILES string of the molecule is CCCCCCCCCCCCCCCC(=O)OC[C@@H](COC(=O)CCCCCCCCCCCCC)OC(=O)CCCCCCCCCCCCCCCCCCCCC(C)C. The normalized spacial score (nSPS) is 12.0. The molecule has 0 saturated heterocycles. The van der Waals surface area contributed by atoms with Gasteiger partial charge < -0.3 is 14.2 Å². The molecule has 0 rings (SSSR count). The first-order valence-electron chi connectivity index (χ1n) is 28.4. The molecule has 0 radical (unpaired) electrons. The molecule has 0 aliphatic heterocycles. The molecule has 63 heavy (non-hydrogen) atoms. The van der Waals surface area contributed by atoms with E-state index in [-0.39, 0.29) is 31.1 Å². The number of unbranched alkanes of at least 4 members (excludes halogenated alkanes) is 39. The zero-order chi connectivity index (χ0) is 45.9. The van der Waals surface area contributed by atoms with Gasteiger partial charge in [0.1, 0.15) is 13.2 Å². The van der Waals surface area contributed by atoms with E-state index >= 15 is 0 Å². The Bertz CT molecular complexity index is 949. The van der Waals surface area contributed by atoms with Crippen molar-refractivity contribution in [1.29, 1.82) is 0 Å². The minimum atomic E-state index is -0.761. The van der Waals surface area contributed by atoms with E-state index in [1.165, 1.54) is 218 Å². The lowest BCUT2D eigenvalue weighted by atomic mass is 10.0. The van der Waals surface area contributed by atoms with Crippen molar-refractivity contribution < 1.29 is 28.6 Å². The Morgan fingerprint density at radius 3 is 0.778 bits per heavy atom. The molecule has 0 aromatic heterocycles. The molecule has 0 unspecified atom stereocenters. The zero-order valence-electron chi connectivity index (χ0n) is 43.0. The highest BCUT2D eigenvalue weighted by Crippen LogP contribution is 2.18. The van der Waals surface area contributed by atoms with E-state index in [0.29, 0.717) is 19.3 Å². The van der Waals surface area contributed by atoms with Gasteiger partial charge in [-0.1, -0.05) is 285 Å². The standard InChI is InChI=1S/C57H110O6/c1-5-7-9-11-13-15-17-24-29-33-37-41-45-49-56(59)62-52-54(51-61-55(58)48-44-40-36-32-27-16-14-12-10-8-6-2)63-57(60)50-46-42-38-34-30-26-23-21-19-18-20-22-25-28-31-35-39-43-47-53(3)4/h53-54H,5-52H2,1-4H3/t54-/m1/s1. The number of hydrogen-bond acceptors (Lipinski definition) is 6. The minimum Gasteiger partial charge on any atom is -0.462 e. The Hall–Kier alpha value is -1.59. The van der Waals surface area contributed by atoms with Crippen LogP contribution in [0.1, 0.15) is 323 Å². The molecule has 374 valence electrons. The lowest BCUT2D eigenvalue weighted by Gasteiger charge is -2.18. The monoisotopic (exact) mass is 891 g/mol. The van der Waals surface area contributed by atoms with Crippen LogP contribution in [0.2, 0.25) is 0 Å². The largest absolute Gasteiger partial charge is 0.462 e. The van der Waals surface area contributed by atoms with Crippen LogP contribution in [0.25, 0.3) is 0 Å². The summed E-state index contributed by atoms with van der Waals surface area (Å²) in [5, 5.41) is 0. The molecule has 6 nitrogen and oxygen atoms in total. The van der Waals surface area contributed by atoms with Gasteiger partial charge in [-0.15, -0.1) is 0 Å². The molecule has 0 aliphatic carbocycles. The molecule has 0 saturated carbocycles. The summed E-state index contributed by atoms with van der Waals surface area (Å²) >= 11 is 0. The molecule has 0 bridgehead atoms. The third kappa shape index (κ3) is 51.3. The van der Waals surface area contributed by atoms with Crippen molar-refractivity contribution in [2.45, 2.75) is 329 Å².